The normalized spacial score (nSPS) is 31.2. The zero-order chi connectivity index (χ0) is 15.1. The average molecular weight is 303 g/mol. The first-order valence-corrected chi connectivity index (χ1v) is 8.22. The first kappa shape index (κ1) is 15.4. The maximum absolute atomic E-state index is 13.8. The van der Waals surface area contributed by atoms with Gasteiger partial charge in [0.2, 0.25) is 0 Å². The third-order valence-electron chi connectivity index (χ3n) is 3.99. The molecular formula is C14H19F2NO2S. The Balaban J connectivity index is 2.46. The minimum Gasteiger partial charge on any atom is -0.326 e. The summed E-state index contributed by atoms with van der Waals surface area (Å²) in [6.45, 7) is 3.82. The van der Waals surface area contributed by atoms with Crippen molar-refractivity contribution in [1.82, 2.24) is 0 Å². The number of sulfone groups is 1. The molecule has 4 unspecified atom stereocenters. The Labute approximate surface area is 118 Å². The molecule has 1 saturated carbocycles. The predicted octanol–water partition coefficient (Wildman–Crippen LogP) is 2.50. The molecule has 1 aliphatic carbocycles. The lowest BCUT2D eigenvalue weighted by molar-refractivity contribution is 0.271. The number of halogens is 2. The van der Waals surface area contributed by atoms with Crippen molar-refractivity contribution in [2.75, 3.05) is 0 Å². The molecule has 0 saturated heterocycles. The van der Waals surface area contributed by atoms with E-state index in [-0.39, 0.29) is 5.92 Å². The van der Waals surface area contributed by atoms with E-state index in [1.165, 1.54) is 0 Å². The summed E-state index contributed by atoms with van der Waals surface area (Å²) in [6.07, 6.45) is 1.29. The topological polar surface area (TPSA) is 60.2 Å². The van der Waals surface area contributed by atoms with Gasteiger partial charge >= 0.3 is 0 Å². The van der Waals surface area contributed by atoms with Gasteiger partial charge in [-0.15, -0.1) is 0 Å². The second kappa shape index (κ2) is 5.41. The Morgan fingerprint density at radius 3 is 2.45 bits per heavy atom. The van der Waals surface area contributed by atoms with Crippen molar-refractivity contribution in [3.63, 3.8) is 0 Å². The molecular weight excluding hydrogens is 284 g/mol. The van der Waals surface area contributed by atoms with Crippen LogP contribution < -0.4 is 5.73 Å². The van der Waals surface area contributed by atoms with Crippen LogP contribution in [0.4, 0.5) is 8.78 Å². The highest BCUT2D eigenvalue weighted by Gasteiger charge is 2.42. The molecule has 4 atom stereocenters. The SMILES string of the molecule is CC1CC(C)C(S(=O)(=O)c2cc(F)ccc2F)C(N)C1. The van der Waals surface area contributed by atoms with Crippen molar-refractivity contribution in [1.29, 1.82) is 0 Å². The summed E-state index contributed by atoms with van der Waals surface area (Å²) in [5.41, 5.74) is 5.98. The van der Waals surface area contributed by atoms with E-state index in [1.807, 2.05) is 6.92 Å². The van der Waals surface area contributed by atoms with Gasteiger partial charge in [-0.2, -0.15) is 0 Å². The van der Waals surface area contributed by atoms with E-state index in [1.54, 1.807) is 6.92 Å². The van der Waals surface area contributed by atoms with Gasteiger partial charge < -0.3 is 5.73 Å². The molecule has 2 N–H and O–H groups in total. The molecule has 6 heteroatoms. The van der Waals surface area contributed by atoms with Crippen molar-refractivity contribution in [2.24, 2.45) is 17.6 Å². The first-order chi connectivity index (χ1) is 9.23. The van der Waals surface area contributed by atoms with Crippen molar-refractivity contribution >= 4 is 9.84 Å². The van der Waals surface area contributed by atoms with Crippen LogP contribution in [-0.4, -0.2) is 19.7 Å². The van der Waals surface area contributed by atoms with Crippen LogP contribution >= 0.6 is 0 Å². The zero-order valence-corrected chi connectivity index (χ0v) is 12.3. The van der Waals surface area contributed by atoms with Crippen LogP contribution in [0.3, 0.4) is 0 Å². The van der Waals surface area contributed by atoms with E-state index in [4.69, 9.17) is 5.73 Å². The third kappa shape index (κ3) is 2.72. The van der Waals surface area contributed by atoms with Gasteiger partial charge in [-0.25, -0.2) is 17.2 Å². The van der Waals surface area contributed by atoms with E-state index in [0.29, 0.717) is 18.8 Å². The molecule has 20 heavy (non-hydrogen) atoms. The van der Waals surface area contributed by atoms with Crippen LogP contribution in [0.25, 0.3) is 0 Å². The van der Waals surface area contributed by atoms with Crippen molar-refractivity contribution < 1.29 is 17.2 Å². The van der Waals surface area contributed by atoms with E-state index >= 15 is 0 Å². The fourth-order valence-electron chi connectivity index (χ4n) is 3.26. The van der Waals surface area contributed by atoms with E-state index in [2.05, 4.69) is 0 Å². The predicted molar refractivity (Wildman–Crippen MR) is 72.9 cm³/mol. The minimum atomic E-state index is -3.98. The van der Waals surface area contributed by atoms with E-state index in [0.717, 1.165) is 18.2 Å². The van der Waals surface area contributed by atoms with Gasteiger partial charge in [-0.3, -0.25) is 0 Å². The minimum absolute atomic E-state index is 0.179. The molecule has 0 aromatic heterocycles. The summed E-state index contributed by atoms with van der Waals surface area (Å²) in [5, 5.41) is -0.866. The maximum Gasteiger partial charge on any atom is 0.186 e. The molecule has 0 aliphatic heterocycles. The lowest BCUT2D eigenvalue weighted by atomic mass is 9.80. The quantitative estimate of drug-likeness (QED) is 0.913. The molecule has 112 valence electrons. The van der Waals surface area contributed by atoms with Gasteiger partial charge in [-0.05, 0) is 42.9 Å². The molecule has 2 rings (SSSR count). The molecule has 1 fully saturated rings. The molecule has 0 radical (unpaired) electrons. The lowest BCUT2D eigenvalue weighted by Crippen LogP contribution is -2.49. The van der Waals surface area contributed by atoms with Crippen LogP contribution in [0.1, 0.15) is 26.7 Å². The summed E-state index contributed by atoms with van der Waals surface area (Å²) in [7, 11) is -3.98. The number of rotatable bonds is 2. The number of hydrogen-bond donors (Lipinski definition) is 1. The van der Waals surface area contributed by atoms with Gasteiger partial charge in [-0.1, -0.05) is 13.8 Å². The number of benzene rings is 1. The van der Waals surface area contributed by atoms with E-state index < -0.39 is 37.7 Å². The number of nitrogens with two attached hydrogens (primary N) is 1. The molecule has 1 aromatic rings. The van der Waals surface area contributed by atoms with Crippen molar-refractivity contribution in [2.45, 2.75) is 42.9 Å². The fraction of sp³-hybridized carbons (Fsp3) is 0.571. The van der Waals surface area contributed by atoms with Gasteiger partial charge in [0.05, 0.1) is 5.25 Å². The zero-order valence-electron chi connectivity index (χ0n) is 11.5. The Morgan fingerprint density at radius 1 is 1.20 bits per heavy atom. The standard InChI is InChI=1S/C14H19F2NO2S/c1-8-5-9(2)14(12(17)6-8)20(18,19)13-7-10(15)3-4-11(13)16/h3-4,7-9,12,14H,5-6,17H2,1-2H3. The highest BCUT2D eigenvalue weighted by molar-refractivity contribution is 7.92. The Morgan fingerprint density at radius 2 is 1.85 bits per heavy atom. The van der Waals surface area contributed by atoms with E-state index in [9.17, 15) is 17.2 Å². The first-order valence-electron chi connectivity index (χ1n) is 6.68. The summed E-state index contributed by atoms with van der Waals surface area (Å²) in [6, 6.07) is 1.92. The monoisotopic (exact) mass is 303 g/mol. The van der Waals surface area contributed by atoms with Gasteiger partial charge in [0.1, 0.15) is 16.5 Å². The molecule has 3 nitrogen and oxygen atoms in total. The summed E-state index contributed by atoms with van der Waals surface area (Å²) >= 11 is 0. The third-order valence-corrected chi connectivity index (χ3v) is 6.45. The molecule has 0 heterocycles. The van der Waals surface area contributed by atoms with Crippen LogP contribution in [0.2, 0.25) is 0 Å². The van der Waals surface area contributed by atoms with Crippen LogP contribution in [0, 0.1) is 23.5 Å². The Bertz CT molecular complexity index is 591. The molecule has 0 amide bonds. The average Bonchev–Trinajstić information content (AvgIpc) is 2.30. The summed E-state index contributed by atoms with van der Waals surface area (Å²) in [5.74, 6) is -1.54. The van der Waals surface area contributed by atoms with Crippen LogP contribution in [0.5, 0.6) is 0 Å². The highest BCUT2D eigenvalue weighted by Crippen LogP contribution is 2.35. The second-order valence-corrected chi connectivity index (χ2v) is 7.88. The van der Waals surface area contributed by atoms with Crippen molar-refractivity contribution in [3.8, 4) is 0 Å². The smallest absolute Gasteiger partial charge is 0.186 e. The highest BCUT2D eigenvalue weighted by atomic mass is 32.2. The largest absolute Gasteiger partial charge is 0.326 e. The molecule has 0 spiro atoms. The molecule has 1 aromatic carbocycles. The molecule has 1 aliphatic rings. The Hall–Kier alpha value is -1.01. The van der Waals surface area contributed by atoms with Crippen molar-refractivity contribution in [3.05, 3.63) is 29.8 Å². The Kier molecular flexibility index (Phi) is 4.16. The fourth-order valence-corrected chi connectivity index (χ4v) is 5.47. The lowest BCUT2D eigenvalue weighted by Gasteiger charge is -2.37. The number of hydrogen-bond acceptors (Lipinski definition) is 3. The second-order valence-electron chi connectivity index (χ2n) is 5.80. The maximum atomic E-state index is 13.8. The summed E-state index contributed by atoms with van der Waals surface area (Å²) < 4.78 is 52.2. The van der Waals surface area contributed by atoms with Crippen LogP contribution in [0.15, 0.2) is 23.1 Å². The summed E-state index contributed by atoms with van der Waals surface area (Å²) in [4.78, 5) is -0.584. The molecule has 0 bridgehead atoms. The van der Waals surface area contributed by atoms with Gasteiger partial charge in [0.25, 0.3) is 0 Å². The van der Waals surface area contributed by atoms with Gasteiger partial charge in [0.15, 0.2) is 9.84 Å². The van der Waals surface area contributed by atoms with Crippen LogP contribution in [-0.2, 0) is 9.84 Å². The van der Waals surface area contributed by atoms with Gasteiger partial charge in [0, 0.05) is 6.04 Å².